The van der Waals surface area contributed by atoms with Gasteiger partial charge in [0.25, 0.3) is 0 Å². The van der Waals surface area contributed by atoms with Crippen LogP contribution >= 0.6 is 11.6 Å². The third kappa shape index (κ3) is 4.24. The molecule has 0 N–H and O–H groups in total. The summed E-state index contributed by atoms with van der Waals surface area (Å²) in [6.07, 6.45) is 0.0918. The second kappa shape index (κ2) is 4.58. The van der Waals surface area contributed by atoms with Gasteiger partial charge in [-0.2, -0.15) is 0 Å². The zero-order chi connectivity index (χ0) is 7.28. The highest BCUT2D eigenvalue weighted by Crippen LogP contribution is 2.02. The van der Waals surface area contributed by atoms with Gasteiger partial charge in [-0.1, -0.05) is 11.6 Å². The van der Waals surface area contributed by atoms with Gasteiger partial charge in [-0.25, -0.2) is 0 Å². The number of halogens is 1. The average Bonchev–Trinajstić information content (AvgIpc) is 1.87. The summed E-state index contributed by atoms with van der Waals surface area (Å²) in [5.74, 6) is -0.364. The van der Waals surface area contributed by atoms with Crippen LogP contribution in [0.25, 0.3) is 0 Å². The van der Waals surface area contributed by atoms with E-state index in [-0.39, 0.29) is 12.4 Å². The number of alkyl halides is 1. The third-order valence-corrected chi connectivity index (χ3v) is 1.14. The minimum atomic E-state index is -0.572. The maximum atomic E-state index is 10.4. The van der Waals surface area contributed by atoms with Gasteiger partial charge in [-0.3, -0.25) is 4.79 Å². The van der Waals surface area contributed by atoms with Gasteiger partial charge >= 0.3 is 5.97 Å². The van der Waals surface area contributed by atoms with E-state index in [2.05, 4.69) is 9.47 Å². The van der Waals surface area contributed by atoms with E-state index in [1.54, 1.807) is 0 Å². The Kier molecular flexibility index (Phi) is 4.44. The number of rotatable bonds is 3. The largest absolute Gasteiger partial charge is 0.469 e. The van der Waals surface area contributed by atoms with Crippen LogP contribution in [0.4, 0.5) is 0 Å². The van der Waals surface area contributed by atoms with Gasteiger partial charge in [-0.05, 0) is 0 Å². The van der Waals surface area contributed by atoms with Crippen LogP contribution in [0.1, 0.15) is 6.42 Å². The lowest BCUT2D eigenvalue weighted by molar-refractivity contribution is -0.142. The van der Waals surface area contributed by atoms with Gasteiger partial charge in [0.2, 0.25) is 0 Å². The van der Waals surface area contributed by atoms with Crippen molar-refractivity contribution in [1.82, 2.24) is 0 Å². The summed E-state index contributed by atoms with van der Waals surface area (Å²) in [5, 5.41) is 0. The smallest absolute Gasteiger partial charge is 0.309 e. The highest BCUT2D eigenvalue weighted by atomic mass is 35.5. The van der Waals surface area contributed by atoms with E-state index in [9.17, 15) is 4.79 Å². The lowest BCUT2D eigenvalue weighted by Gasteiger charge is -2.03. The summed E-state index contributed by atoms with van der Waals surface area (Å²) in [6, 6.07) is 0. The molecule has 0 aromatic carbocycles. The molecule has 0 bridgehead atoms. The molecule has 1 unspecified atom stereocenters. The zero-order valence-corrected chi connectivity index (χ0v) is 6.14. The maximum absolute atomic E-state index is 10.4. The van der Waals surface area contributed by atoms with Crippen LogP contribution in [0.2, 0.25) is 0 Å². The predicted molar refractivity (Wildman–Crippen MR) is 33.3 cm³/mol. The normalized spacial score (nSPS) is 12.8. The van der Waals surface area contributed by atoms with E-state index in [4.69, 9.17) is 11.6 Å². The van der Waals surface area contributed by atoms with E-state index < -0.39 is 5.56 Å². The van der Waals surface area contributed by atoms with Gasteiger partial charge < -0.3 is 9.47 Å². The highest BCUT2D eigenvalue weighted by Gasteiger charge is 2.08. The molecule has 54 valence electrons. The molecule has 0 aliphatic rings. The van der Waals surface area contributed by atoms with Gasteiger partial charge in [0.05, 0.1) is 13.5 Å². The Morgan fingerprint density at radius 3 is 2.56 bits per heavy atom. The predicted octanol–water partition coefficient (Wildman–Crippen LogP) is 0.761. The molecule has 0 fully saturated rings. The molecular weight excluding hydrogens is 144 g/mol. The monoisotopic (exact) mass is 152 g/mol. The Morgan fingerprint density at radius 2 is 2.22 bits per heavy atom. The summed E-state index contributed by atoms with van der Waals surface area (Å²) >= 11 is 5.42. The molecule has 3 nitrogen and oxygen atoms in total. The highest BCUT2D eigenvalue weighted by molar-refractivity contribution is 6.20. The number of carbonyl (C=O) groups is 1. The molecule has 0 aromatic heterocycles. The molecule has 0 amide bonds. The fraction of sp³-hybridized carbons (Fsp3) is 0.800. The van der Waals surface area contributed by atoms with Crippen molar-refractivity contribution in [2.75, 3.05) is 14.2 Å². The molecule has 4 heteroatoms. The molecule has 0 radical (unpaired) electrons. The molecular formula is C5H9ClO3. The van der Waals surface area contributed by atoms with Crippen LogP contribution in [0.5, 0.6) is 0 Å². The van der Waals surface area contributed by atoms with Crippen LogP contribution in [-0.4, -0.2) is 25.8 Å². The van der Waals surface area contributed by atoms with Crippen molar-refractivity contribution in [3.05, 3.63) is 0 Å². The number of hydrogen-bond acceptors (Lipinski definition) is 3. The quantitative estimate of drug-likeness (QED) is 0.443. The average molecular weight is 153 g/mol. The van der Waals surface area contributed by atoms with Crippen LogP contribution in [-0.2, 0) is 14.3 Å². The van der Waals surface area contributed by atoms with Gasteiger partial charge in [0, 0.05) is 7.11 Å². The first-order chi connectivity index (χ1) is 4.20. The molecule has 0 spiro atoms. The molecule has 0 aromatic rings. The second-order valence-corrected chi connectivity index (χ2v) is 1.91. The van der Waals surface area contributed by atoms with E-state index >= 15 is 0 Å². The molecule has 0 aliphatic heterocycles. The SMILES string of the molecule is COC(=O)CC(Cl)OC. The Morgan fingerprint density at radius 1 is 1.67 bits per heavy atom. The van der Waals surface area contributed by atoms with Crippen LogP contribution < -0.4 is 0 Å². The fourth-order valence-corrected chi connectivity index (χ4v) is 0.424. The van der Waals surface area contributed by atoms with E-state index in [1.165, 1.54) is 14.2 Å². The summed E-state index contributed by atoms with van der Waals surface area (Å²) in [4.78, 5) is 10.4. The van der Waals surface area contributed by atoms with Gasteiger partial charge in [-0.15, -0.1) is 0 Å². The van der Waals surface area contributed by atoms with E-state index in [1.807, 2.05) is 0 Å². The third-order valence-electron chi connectivity index (χ3n) is 0.811. The number of hydrogen-bond donors (Lipinski definition) is 0. The first-order valence-electron chi connectivity index (χ1n) is 2.44. The zero-order valence-electron chi connectivity index (χ0n) is 5.39. The summed E-state index contributed by atoms with van der Waals surface area (Å²) < 4.78 is 8.91. The number of carbonyl (C=O) groups excluding carboxylic acids is 1. The number of ether oxygens (including phenoxy) is 2. The summed E-state index contributed by atoms with van der Waals surface area (Å²) in [6.45, 7) is 0. The molecule has 1 atom stereocenters. The van der Waals surface area contributed by atoms with Crippen LogP contribution in [0, 0.1) is 0 Å². The van der Waals surface area contributed by atoms with Crippen molar-refractivity contribution in [2.45, 2.75) is 12.0 Å². The minimum absolute atomic E-state index is 0.0918. The minimum Gasteiger partial charge on any atom is -0.469 e. The Labute approximate surface area is 58.9 Å². The van der Waals surface area contributed by atoms with Crippen molar-refractivity contribution >= 4 is 17.6 Å². The fourth-order valence-electron chi connectivity index (χ4n) is 0.298. The van der Waals surface area contributed by atoms with Gasteiger partial charge in [0.15, 0.2) is 0 Å². The van der Waals surface area contributed by atoms with Crippen molar-refractivity contribution in [3.8, 4) is 0 Å². The second-order valence-electron chi connectivity index (χ2n) is 1.43. The standard InChI is InChI=1S/C5H9ClO3/c1-8-4(6)3-5(7)9-2/h4H,3H2,1-2H3. The van der Waals surface area contributed by atoms with Gasteiger partial charge in [0.1, 0.15) is 5.56 Å². The molecule has 0 saturated carbocycles. The lowest BCUT2D eigenvalue weighted by atomic mass is 10.5. The van der Waals surface area contributed by atoms with Crippen LogP contribution in [0.15, 0.2) is 0 Å². The van der Waals surface area contributed by atoms with Crippen molar-refractivity contribution in [1.29, 1.82) is 0 Å². The summed E-state index contributed by atoms with van der Waals surface area (Å²) in [7, 11) is 2.74. The van der Waals surface area contributed by atoms with Crippen molar-refractivity contribution < 1.29 is 14.3 Å². The van der Waals surface area contributed by atoms with Crippen molar-refractivity contribution in [3.63, 3.8) is 0 Å². The van der Waals surface area contributed by atoms with Crippen molar-refractivity contribution in [2.24, 2.45) is 0 Å². The van der Waals surface area contributed by atoms with Crippen LogP contribution in [0.3, 0.4) is 0 Å². The van der Waals surface area contributed by atoms with E-state index in [0.717, 1.165) is 0 Å². The summed E-state index contributed by atoms with van der Waals surface area (Å²) in [5.41, 5.74) is -0.572. The van der Waals surface area contributed by atoms with E-state index in [0.29, 0.717) is 0 Å². The molecule has 0 aliphatic carbocycles. The Bertz CT molecular complexity index is 94.2. The number of methoxy groups -OCH3 is 2. The molecule has 0 rings (SSSR count). The Hall–Kier alpha value is -0.280. The number of esters is 1. The molecule has 0 heterocycles. The maximum Gasteiger partial charge on any atom is 0.309 e. The first kappa shape index (κ1) is 8.72. The lowest BCUT2D eigenvalue weighted by Crippen LogP contribution is -2.10. The first-order valence-corrected chi connectivity index (χ1v) is 2.88. The molecule has 0 saturated heterocycles. The topological polar surface area (TPSA) is 35.5 Å². The molecule has 9 heavy (non-hydrogen) atoms. The Balaban J connectivity index is 3.34.